The zero-order chi connectivity index (χ0) is 16.9. The van der Waals surface area contributed by atoms with Crippen molar-refractivity contribution in [1.82, 2.24) is 29.9 Å². The molecule has 2 heterocycles. The van der Waals surface area contributed by atoms with Crippen LogP contribution >= 0.6 is 0 Å². The lowest BCUT2D eigenvalue weighted by atomic mass is 10.1. The van der Waals surface area contributed by atoms with Gasteiger partial charge in [-0.2, -0.15) is 10.2 Å². The van der Waals surface area contributed by atoms with Crippen molar-refractivity contribution in [2.24, 2.45) is 7.05 Å². The van der Waals surface area contributed by atoms with Crippen molar-refractivity contribution in [2.75, 3.05) is 0 Å². The third kappa shape index (κ3) is 4.08. The van der Waals surface area contributed by atoms with Crippen molar-refractivity contribution >= 4 is 0 Å². The number of nitrogens with zero attached hydrogens (tertiary/aromatic N) is 5. The summed E-state index contributed by atoms with van der Waals surface area (Å²) in [5.74, 6) is 0.439. The minimum absolute atomic E-state index is 0.439. The van der Waals surface area contributed by atoms with Gasteiger partial charge in [0, 0.05) is 31.9 Å². The van der Waals surface area contributed by atoms with Gasteiger partial charge in [0.1, 0.15) is 12.7 Å². The Labute approximate surface area is 142 Å². The number of benzene rings is 1. The van der Waals surface area contributed by atoms with Gasteiger partial charge in [-0.3, -0.25) is 4.68 Å². The fourth-order valence-corrected chi connectivity index (χ4v) is 2.86. The molecule has 24 heavy (non-hydrogen) atoms. The summed E-state index contributed by atoms with van der Waals surface area (Å²) in [6, 6.07) is 8.56. The van der Waals surface area contributed by atoms with Crippen LogP contribution in [0.3, 0.4) is 0 Å². The van der Waals surface area contributed by atoms with E-state index < -0.39 is 0 Å². The Morgan fingerprint density at radius 2 is 2.00 bits per heavy atom. The van der Waals surface area contributed by atoms with E-state index in [0.717, 1.165) is 19.6 Å². The molecule has 0 amide bonds. The van der Waals surface area contributed by atoms with Crippen molar-refractivity contribution in [2.45, 2.75) is 39.4 Å². The molecule has 1 aromatic carbocycles. The highest BCUT2D eigenvalue weighted by molar-refractivity contribution is 5.24. The van der Waals surface area contributed by atoms with E-state index >= 15 is 0 Å². The van der Waals surface area contributed by atoms with Gasteiger partial charge in [-0.1, -0.05) is 38.1 Å². The van der Waals surface area contributed by atoms with E-state index in [1.807, 2.05) is 16.4 Å². The zero-order valence-electron chi connectivity index (χ0n) is 14.5. The first-order valence-corrected chi connectivity index (χ1v) is 8.25. The fraction of sp³-hybridized carbons (Fsp3) is 0.389. The number of rotatable bonds is 7. The first-order chi connectivity index (χ1) is 11.6. The van der Waals surface area contributed by atoms with Crippen LogP contribution < -0.4 is 5.32 Å². The number of hydrogen-bond donors (Lipinski definition) is 1. The van der Waals surface area contributed by atoms with E-state index in [2.05, 4.69) is 64.8 Å². The van der Waals surface area contributed by atoms with E-state index in [0.29, 0.717) is 5.92 Å². The third-order valence-electron chi connectivity index (χ3n) is 3.93. The summed E-state index contributed by atoms with van der Waals surface area (Å²) in [5.41, 5.74) is 4.93. The van der Waals surface area contributed by atoms with Crippen molar-refractivity contribution < 1.29 is 0 Å². The maximum absolute atomic E-state index is 4.55. The van der Waals surface area contributed by atoms with Gasteiger partial charge in [-0.15, -0.1) is 0 Å². The molecule has 0 saturated carbocycles. The Morgan fingerprint density at radius 1 is 1.17 bits per heavy atom. The smallest absolute Gasteiger partial charge is 0.137 e. The van der Waals surface area contributed by atoms with E-state index in [-0.39, 0.29) is 0 Å². The highest BCUT2D eigenvalue weighted by Crippen LogP contribution is 2.17. The molecule has 0 atom stereocenters. The first kappa shape index (κ1) is 16.4. The molecule has 0 fully saturated rings. The number of aryl methyl sites for hydroxylation is 1. The minimum Gasteiger partial charge on any atom is -0.308 e. The molecule has 6 nitrogen and oxygen atoms in total. The summed E-state index contributed by atoms with van der Waals surface area (Å²) >= 11 is 0. The first-order valence-electron chi connectivity index (χ1n) is 8.25. The molecular formula is C18H24N6. The predicted molar refractivity (Wildman–Crippen MR) is 93.4 cm³/mol. The van der Waals surface area contributed by atoms with Gasteiger partial charge in [0.2, 0.25) is 0 Å². The molecule has 126 valence electrons. The molecule has 0 spiro atoms. The van der Waals surface area contributed by atoms with Gasteiger partial charge < -0.3 is 5.32 Å². The summed E-state index contributed by atoms with van der Waals surface area (Å²) in [7, 11) is 1.98. The number of aromatic nitrogens is 5. The molecule has 2 aromatic heterocycles. The summed E-state index contributed by atoms with van der Waals surface area (Å²) in [6.45, 7) is 6.76. The van der Waals surface area contributed by atoms with Gasteiger partial charge in [0.05, 0.1) is 12.2 Å². The average molecular weight is 324 g/mol. The molecule has 0 bridgehead atoms. The van der Waals surface area contributed by atoms with Gasteiger partial charge in [-0.05, 0) is 17.0 Å². The Balaban J connectivity index is 1.59. The number of nitrogens with one attached hydrogen (secondary N) is 1. The quantitative estimate of drug-likeness (QED) is 0.725. The molecule has 0 unspecified atom stereocenters. The molecular weight excluding hydrogens is 300 g/mol. The van der Waals surface area contributed by atoms with Crippen molar-refractivity contribution in [1.29, 1.82) is 0 Å². The van der Waals surface area contributed by atoms with Crippen LogP contribution in [0, 0.1) is 0 Å². The fourth-order valence-electron chi connectivity index (χ4n) is 2.86. The van der Waals surface area contributed by atoms with E-state index in [9.17, 15) is 0 Å². The van der Waals surface area contributed by atoms with Crippen LogP contribution in [0.2, 0.25) is 0 Å². The van der Waals surface area contributed by atoms with Crippen LogP contribution in [0.5, 0.6) is 0 Å². The number of hydrogen-bond acceptors (Lipinski definition) is 4. The molecule has 0 radical (unpaired) electrons. The van der Waals surface area contributed by atoms with Gasteiger partial charge in [-0.25, -0.2) is 9.67 Å². The van der Waals surface area contributed by atoms with Crippen LogP contribution in [-0.4, -0.2) is 24.5 Å². The van der Waals surface area contributed by atoms with E-state index in [1.54, 1.807) is 12.7 Å². The molecule has 3 rings (SSSR count). The highest BCUT2D eigenvalue weighted by Gasteiger charge is 2.10. The van der Waals surface area contributed by atoms with E-state index in [1.165, 1.54) is 22.4 Å². The van der Waals surface area contributed by atoms with Crippen molar-refractivity contribution in [3.05, 3.63) is 65.5 Å². The lowest BCUT2D eigenvalue weighted by Crippen LogP contribution is -2.14. The highest BCUT2D eigenvalue weighted by atomic mass is 15.3. The Bertz CT molecular complexity index is 773. The van der Waals surface area contributed by atoms with Crippen LogP contribution in [-0.2, 0) is 26.7 Å². The topological polar surface area (TPSA) is 60.6 Å². The maximum atomic E-state index is 4.55. The standard InChI is InChI=1S/C18H24N6/c1-14(2)18-17(11-23(3)22-18)9-19-8-15-5-4-6-16(7-15)10-24-13-20-12-21-24/h4-7,11-14,19H,8-10H2,1-3H3. The second-order valence-corrected chi connectivity index (χ2v) is 6.38. The van der Waals surface area contributed by atoms with Crippen LogP contribution in [0.15, 0.2) is 43.1 Å². The molecule has 0 saturated heterocycles. The minimum atomic E-state index is 0.439. The molecule has 1 N–H and O–H groups in total. The second kappa shape index (κ2) is 7.40. The molecule has 6 heteroatoms. The third-order valence-corrected chi connectivity index (χ3v) is 3.93. The normalized spacial score (nSPS) is 11.3. The summed E-state index contributed by atoms with van der Waals surface area (Å²) in [4.78, 5) is 3.98. The monoisotopic (exact) mass is 324 g/mol. The lowest BCUT2D eigenvalue weighted by Gasteiger charge is -2.08. The van der Waals surface area contributed by atoms with Crippen LogP contribution in [0.1, 0.15) is 42.1 Å². The van der Waals surface area contributed by atoms with Crippen LogP contribution in [0.4, 0.5) is 0 Å². The van der Waals surface area contributed by atoms with Crippen molar-refractivity contribution in [3.8, 4) is 0 Å². The molecule has 0 aliphatic rings. The van der Waals surface area contributed by atoms with Crippen LogP contribution in [0.25, 0.3) is 0 Å². The summed E-state index contributed by atoms with van der Waals surface area (Å²) in [5, 5.41) is 12.2. The largest absolute Gasteiger partial charge is 0.308 e. The average Bonchev–Trinajstić information content (AvgIpc) is 3.17. The summed E-state index contributed by atoms with van der Waals surface area (Å²) < 4.78 is 3.72. The molecule has 0 aliphatic heterocycles. The van der Waals surface area contributed by atoms with Gasteiger partial charge in [0.15, 0.2) is 0 Å². The Kier molecular flexibility index (Phi) is 5.05. The predicted octanol–water partition coefficient (Wildman–Crippen LogP) is 2.47. The SMILES string of the molecule is CC(C)c1nn(C)cc1CNCc1cccc(Cn2cncn2)c1. The summed E-state index contributed by atoms with van der Waals surface area (Å²) in [6.07, 6.45) is 5.40. The molecule has 3 aromatic rings. The van der Waals surface area contributed by atoms with Crippen molar-refractivity contribution in [3.63, 3.8) is 0 Å². The van der Waals surface area contributed by atoms with Gasteiger partial charge >= 0.3 is 0 Å². The second-order valence-electron chi connectivity index (χ2n) is 6.38. The van der Waals surface area contributed by atoms with Gasteiger partial charge in [0.25, 0.3) is 0 Å². The maximum Gasteiger partial charge on any atom is 0.137 e. The zero-order valence-corrected chi connectivity index (χ0v) is 14.5. The lowest BCUT2D eigenvalue weighted by molar-refractivity contribution is 0.669. The Morgan fingerprint density at radius 3 is 2.75 bits per heavy atom. The Hall–Kier alpha value is -2.47. The van der Waals surface area contributed by atoms with E-state index in [4.69, 9.17) is 0 Å². The molecule has 0 aliphatic carbocycles.